The molecule has 0 heterocycles. The summed E-state index contributed by atoms with van der Waals surface area (Å²) in [5.41, 5.74) is 1.02. The normalized spacial score (nSPS) is 12.1. The summed E-state index contributed by atoms with van der Waals surface area (Å²) in [4.78, 5) is 0.984. The van der Waals surface area contributed by atoms with Gasteiger partial charge in [-0.25, -0.2) is 0 Å². The molecular formula is C13H20OS. The Kier molecular flexibility index (Phi) is 3.72. The van der Waals surface area contributed by atoms with E-state index in [1.807, 2.05) is 18.2 Å². The van der Waals surface area contributed by atoms with Crippen molar-refractivity contribution >= 4 is 11.8 Å². The smallest absolute Gasteiger partial charge is 0.132 e. The second kappa shape index (κ2) is 4.48. The van der Waals surface area contributed by atoms with Crippen LogP contribution in [0.15, 0.2) is 23.1 Å². The van der Waals surface area contributed by atoms with Gasteiger partial charge in [-0.05, 0) is 11.5 Å². The summed E-state index contributed by atoms with van der Waals surface area (Å²) < 4.78 is 0. The number of rotatable bonds is 2. The van der Waals surface area contributed by atoms with Gasteiger partial charge < -0.3 is 5.11 Å². The van der Waals surface area contributed by atoms with Gasteiger partial charge in [-0.1, -0.05) is 46.8 Å². The Bertz CT molecular complexity index is 337. The fourth-order valence-electron chi connectivity index (χ4n) is 1.48. The molecule has 0 amide bonds. The highest BCUT2D eigenvalue weighted by Crippen LogP contribution is 2.38. The number of aromatic hydroxyl groups is 1. The van der Waals surface area contributed by atoms with Crippen LogP contribution in [0.2, 0.25) is 0 Å². The van der Waals surface area contributed by atoms with E-state index < -0.39 is 0 Å². The SMILES string of the molecule is CC(C)Sc1cccc(C(C)(C)C)c1O. The molecule has 0 radical (unpaired) electrons. The van der Waals surface area contributed by atoms with Gasteiger partial charge >= 0.3 is 0 Å². The molecule has 1 N–H and O–H groups in total. The largest absolute Gasteiger partial charge is 0.506 e. The molecule has 2 heteroatoms. The number of para-hydroxylation sites is 1. The van der Waals surface area contributed by atoms with Crippen LogP contribution < -0.4 is 0 Å². The predicted molar refractivity (Wildman–Crippen MR) is 67.8 cm³/mol. The Morgan fingerprint density at radius 2 is 1.80 bits per heavy atom. The van der Waals surface area contributed by atoms with Crippen molar-refractivity contribution in [2.24, 2.45) is 0 Å². The minimum atomic E-state index is -0.00235. The Balaban J connectivity index is 3.12. The third kappa shape index (κ3) is 3.16. The van der Waals surface area contributed by atoms with Gasteiger partial charge in [0, 0.05) is 15.7 Å². The average molecular weight is 224 g/mol. The summed E-state index contributed by atoms with van der Waals surface area (Å²) in [5.74, 6) is 0.448. The first-order chi connectivity index (χ1) is 6.82. The van der Waals surface area contributed by atoms with E-state index in [0.29, 0.717) is 11.0 Å². The van der Waals surface area contributed by atoms with E-state index in [2.05, 4.69) is 34.6 Å². The second-order valence-electron chi connectivity index (χ2n) is 5.07. The zero-order valence-corrected chi connectivity index (χ0v) is 11.0. The first-order valence-electron chi connectivity index (χ1n) is 5.31. The molecular weight excluding hydrogens is 204 g/mol. The Morgan fingerprint density at radius 3 is 2.27 bits per heavy atom. The van der Waals surface area contributed by atoms with Crippen molar-refractivity contribution in [3.63, 3.8) is 0 Å². The third-order valence-electron chi connectivity index (χ3n) is 2.17. The van der Waals surface area contributed by atoms with Crippen LogP contribution in [0.1, 0.15) is 40.2 Å². The summed E-state index contributed by atoms with van der Waals surface area (Å²) >= 11 is 1.71. The molecule has 15 heavy (non-hydrogen) atoms. The lowest BCUT2D eigenvalue weighted by molar-refractivity contribution is 0.434. The van der Waals surface area contributed by atoms with Crippen LogP contribution in [0.3, 0.4) is 0 Å². The molecule has 1 aromatic carbocycles. The van der Waals surface area contributed by atoms with E-state index in [1.54, 1.807) is 11.8 Å². The minimum Gasteiger partial charge on any atom is -0.506 e. The highest BCUT2D eigenvalue weighted by atomic mass is 32.2. The van der Waals surface area contributed by atoms with Crippen molar-refractivity contribution in [2.45, 2.75) is 50.2 Å². The number of thioether (sulfide) groups is 1. The van der Waals surface area contributed by atoms with Crippen molar-refractivity contribution in [3.05, 3.63) is 23.8 Å². The maximum atomic E-state index is 10.2. The monoisotopic (exact) mass is 224 g/mol. The lowest BCUT2D eigenvalue weighted by Crippen LogP contribution is -2.11. The van der Waals surface area contributed by atoms with Gasteiger partial charge in [-0.3, -0.25) is 0 Å². The van der Waals surface area contributed by atoms with Crippen LogP contribution in [0, 0.1) is 0 Å². The maximum Gasteiger partial charge on any atom is 0.132 e. The lowest BCUT2D eigenvalue weighted by atomic mass is 9.86. The Hall–Kier alpha value is -0.630. The molecule has 0 aliphatic rings. The van der Waals surface area contributed by atoms with Gasteiger partial charge in [-0.2, -0.15) is 0 Å². The quantitative estimate of drug-likeness (QED) is 0.760. The number of phenols is 1. The summed E-state index contributed by atoms with van der Waals surface area (Å²) in [6.07, 6.45) is 0. The molecule has 0 aromatic heterocycles. The van der Waals surface area contributed by atoms with E-state index >= 15 is 0 Å². The fraction of sp³-hybridized carbons (Fsp3) is 0.538. The molecule has 0 bridgehead atoms. The van der Waals surface area contributed by atoms with Gasteiger partial charge in [0.05, 0.1) is 0 Å². The van der Waals surface area contributed by atoms with Crippen LogP contribution in [0.25, 0.3) is 0 Å². The van der Waals surface area contributed by atoms with Crippen molar-refractivity contribution in [3.8, 4) is 5.75 Å². The van der Waals surface area contributed by atoms with E-state index in [9.17, 15) is 5.11 Å². The molecule has 1 rings (SSSR count). The molecule has 0 saturated carbocycles. The van der Waals surface area contributed by atoms with E-state index in [1.165, 1.54) is 0 Å². The van der Waals surface area contributed by atoms with Crippen LogP contribution in [-0.2, 0) is 5.41 Å². The van der Waals surface area contributed by atoms with E-state index in [4.69, 9.17) is 0 Å². The molecule has 0 saturated heterocycles. The van der Waals surface area contributed by atoms with Gasteiger partial charge in [0.2, 0.25) is 0 Å². The van der Waals surface area contributed by atoms with Crippen molar-refractivity contribution < 1.29 is 5.11 Å². The van der Waals surface area contributed by atoms with Crippen LogP contribution >= 0.6 is 11.8 Å². The zero-order valence-electron chi connectivity index (χ0n) is 10.2. The Labute approximate surface area is 96.9 Å². The molecule has 84 valence electrons. The van der Waals surface area contributed by atoms with Gasteiger partial charge in [0.15, 0.2) is 0 Å². The molecule has 0 unspecified atom stereocenters. The standard InChI is InChI=1S/C13H20OS/c1-9(2)15-11-8-6-7-10(12(11)14)13(3,4)5/h6-9,14H,1-5H3. The number of phenolic OH excluding ortho intramolecular Hbond substituents is 1. The number of hydrogen-bond acceptors (Lipinski definition) is 2. The molecule has 0 spiro atoms. The number of hydrogen-bond donors (Lipinski definition) is 1. The molecule has 0 atom stereocenters. The minimum absolute atomic E-state index is 0.00235. The molecule has 1 aromatic rings. The zero-order chi connectivity index (χ0) is 11.6. The summed E-state index contributed by atoms with van der Waals surface area (Å²) in [5, 5.41) is 10.6. The maximum absolute atomic E-state index is 10.2. The van der Waals surface area contributed by atoms with Gasteiger partial charge in [0.1, 0.15) is 5.75 Å². The van der Waals surface area contributed by atoms with E-state index in [-0.39, 0.29) is 5.41 Å². The molecule has 0 aliphatic heterocycles. The summed E-state index contributed by atoms with van der Waals surface area (Å²) in [6, 6.07) is 6.00. The number of benzene rings is 1. The Morgan fingerprint density at radius 1 is 1.20 bits per heavy atom. The van der Waals surface area contributed by atoms with Crippen molar-refractivity contribution in [1.29, 1.82) is 0 Å². The molecule has 0 aliphatic carbocycles. The molecule has 1 nitrogen and oxygen atoms in total. The highest BCUT2D eigenvalue weighted by molar-refractivity contribution is 8.00. The van der Waals surface area contributed by atoms with E-state index in [0.717, 1.165) is 10.5 Å². The third-order valence-corrected chi connectivity index (χ3v) is 3.22. The predicted octanol–water partition coefficient (Wildman–Crippen LogP) is 4.19. The van der Waals surface area contributed by atoms with Gasteiger partial charge in [0.25, 0.3) is 0 Å². The van der Waals surface area contributed by atoms with Crippen LogP contribution in [0.4, 0.5) is 0 Å². The van der Waals surface area contributed by atoms with Gasteiger partial charge in [-0.15, -0.1) is 11.8 Å². The average Bonchev–Trinajstić information content (AvgIpc) is 2.05. The fourth-order valence-corrected chi connectivity index (χ4v) is 2.36. The second-order valence-corrected chi connectivity index (χ2v) is 6.69. The summed E-state index contributed by atoms with van der Waals surface area (Å²) in [7, 11) is 0. The first-order valence-corrected chi connectivity index (χ1v) is 6.19. The molecule has 0 fully saturated rings. The first kappa shape index (κ1) is 12.4. The summed E-state index contributed by atoms with van der Waals surface area (Å²) in [6.45, 7) is 10.6. The topological polar surface area (TPSA) is 20.2 Å². The lowest BCUT2D eigenvalue weighted by Gasteiger charge is -2.22. The van der Waals surface area contributed by atoms with Crippen molar-refractivity contribution in [1.82, 2.24) is 0 Å². The highest BCUT2D eigenvalue weighted by Gasteiger charge is 2.19. The van der Waals surface area contributed by atoms with Crippen LogP contribution in [-0.4, -0.2) is 10.4 Å². The van der Waals surface area contributed by atoms with Crippen molar-refractivity contribution in [2.75, 3.05) is 0 Å². The van der Waals surface area contributed by atoms with Crippen LogP contribution in [0.5, 0.6) is 5.75 Å².